The third kappa shape index (κ3) is 6.14. The highest BCUT2D eigenvalue weighted by molar-refractivity contribution is 9.10. The zero-order valence-electron chi connectivity index (χ0n) is 19.6. The molecule has 1 amide bonds. The van der Waals surface area contributed by atoms with E-state index >= 15 is 0 Å². The van der Waals surface area contributed by atoms with E-state index in [0.29, 0.717) is 21.5 Å². The van der Waals surface area contributed by atoms with Gasteiger partial charge in [-0.1, -0.05) is 37.0 Å². The molecular formula is C28H27BrN2O3S. The van der Waals surface area contributed by atoms with Crippen molar-refractivity contribution < 1.29 is 14.3 Å². The molecule has 1 aromatic heterocycles. The maximum atomic E-state index is 13.4. The van der Waals surface area contributed by atoms with Crippen molar-refractivity contribution in [1.29, 1.82) is 0 Å². The van der Waals surface area contributed by atoms with Gasteiger partial charge in [-0.2, -0.15) is 0 Å². The number of fused-ring (bicyclic) bond motifs is 1. The molecule has 3 aromatic rings. The molecule has 1 aliphatic rings. The number of terminal acetylenes is 1. The number of ether oxygens (including phenoxy) is 2. The van der Waals surface area contributed by atoms with Crippen LogP contribution in [0.1, 0.15) is 52.0 Å². The largest absolute Gasteiger partial charge is 0.493 e. The molecule has 7 heteroatoms. The van der Waals surface area contributed by atoms with Crippen molar-refractivity contribution in [3.63, 3.8) is 0 Å². The van der Waals surface area contributed by atoms with Crippen LogP contribution in [0.3, 0.4) is 0 Å². The van der Waals surface area contributed by atoms with Crippen molar-refractivity contribution in [2.24, 2.45) is 4.99 Å². The van der Waals surface area contributed by atoms with Gasteiger partial charge in [-0.25, -0.2) is 4.99 Å². The SMILES string of the molecule is C#CCOc1c(Br)cc(C=Nc2sc3c(c2C(=O)Nc2ccccc2)CCCCCC3)cc1OC. The predicted molar refractivity (Wildman–Crippen MR) is 147 cm³/mol. The molecule has 5 nitrogen and oxygen atoms in total. The molecule has 4 rings (SSSR count). The Balaban J connectivity index is 1.70. The number of nitrogens with one attached hydrogen (secondary N) is 1. The van der Waals surface area contributed by atoms with E-state index in [4.69, 9.17) is 20.9 Å². The van der Waals surface area contributed by atoms with E-state index in [9.17, 15) is 4.79 Å². The minimum atomic E-state index is -0.113. The maximum Gasteiger partial charge on any atom is 0.259 e. The lowest BCUT2D eigenvalue weighted by Crippen LogP contribution is -2.14. The summed E-state index contributed by atoms with van der Waals surface area (Å²) in [6.45, 7) is 0.142. The Morgan fingerprint density at radius 1 is 1.20 bits per heavy atom. The first-order valence-electron chi connectivity index (χ1n) is 11.6. The number of hydrogen-bond acceptors (Lipinski definition) is 5. The summed E-state index contributed by atoms with van der Waals surface area (Å²) in [7, 11) is 1.58. The molecule has 0 spiro atoms. The van der Waals surface area contributed by atoms with Crippen LogP contribution in [0.15, 0.2) is 51.9 Å². The van der Waals surface area contributed by atoms with Crippen LogP contribution in [0.25, 0.3) is 0 Å². The van der Waals surface area contributed by atoms with Crippen molar-refractivity contribution in [1.82, 2.24) is 0 Å². The molecule has 0 unspecified atom stereocenters. The van der Waals surface area contributed by atoms with Crippen LogP contribution in [0.2, 0.25) is 0 Å². The fraction of sp³-hybridized carbons (Fsp3) is 0.286. The number of carbonyl (C=O) groups is 1. The van der Waals surface area contributed by atoms with Crippen molar-refractivity contribution in [3.8, 4) is 23.8 Å². The number of methoxy groups -OCH3 is 1. The summed E-state index contributed by atoms with van der Waals surface area (Å²) in [5.41, 5.74) is 3.42. The fourth-order valence-electron chi connectivity index (χ4n) is 4.15. The molecule has 0 radical (unpaired) electrons. The number of benzene rings is 2. The second-order valence-electron chi connectivity index (χ2n) is 8.20. The van der Waals surface area contributed by atoms with E-state index in [1.807, 2.05) is 42.5 Å². The average Bonchev–Trinajstić information content (AvgIpc) is 3.18. The van der Waals surface area contributed by atoms with Gasteiger partial charge in [0.15, 0.2) is 11.5 Å². The zero-order valence-corrected chi connectivity index (χ0v) is 22.0. The van der Waals surface area contributed by atoms with Crippen molar-refractivity contribution in [3.05, 3.63) is 68.5 Å². The van der Waals surface area contributed by atoms with Crippen LogP contribution in [0.5, 0.6) is 11.5 Å². The van der Waals surface area contributed by atoms with E-state index in [1.54, 1.807) is 24.7 Å². The van der Waals surface area contributed by atoms with Gasteiger partial charge in [-0.15, -0.1) is 17.8 Å². The Bertz CT molecular complexity index is 1260. The number of para-hydroxylation sites is 1. The standard InChI is InChI=1S/C28H27BrN2O3S/c1-3-15-34-26-22(29)16-19(17-23(26)33-2)18-30-28-25(27(32)31-20-11-7-6-8-12-20)21-13-9-4-5-10-14-24(21)35-28/h1,6-8,11-12,16-18H,4-5,9-10,13-15H2,2H3,(H,31,32). The Morgan fingerprint density at radius 2 is 1.97 bits per heavy atom. The zero-order chi connectivity index (χ0) is 24.6. The molecule has 0 saturated heterocycles. The lowest BCUT2D eigenvalue weighted by molar-refractivity contribution is 0.102. The molecule has 0 fully saturated rings. The van der Waals surface area contributed by atoms with Crippen LogP contribution in [0.4, 0.5) is 10.7 Å². The summed E-state index contributed by atoms with van der Waals surface area (Å²) in [4.78, 5) is 19.5. The summed E-state index contributed by atoms with van der Waals surface area (Å²) in [5.74, 6) is 3.45. The molecule has 0 saturated carbocycles. The number of nitrogens with zero attached hydrogens (tertiary/aromatic N) is 1. The molecule has 2 aromatic carbocycles. The molecule has 180 valence electrons. The smallest absolute Gasteiger partial charge is 0.259 e. The van der Waals surface area contributed by atoms with Crippen LogP contribution in [0, 0.1) is 12.3 Å². The van der Waals surface area contributed by atoms with E-state index in [1.165, 1.54) is 17.7 Å². The monoisotopic (exact) mass is 550 g/mol. The number of anilines is 1. The van der Waals surface area contributed by atoms with Crippen LogP contribution >= 0.6 is 27.3 Å². The quantitative estimate of drug-likeness (QED) is 0.250. The second-order valence-corrected chi connectivity index (χ2v) is 10.1. The first kappa shape index (κ1) is 25.0. The topological polar surface area (TPSA) is 59.9 Å². The van der Waals surface area contributed by atoms with Gasteiger partial charge >= 0.3 is 0 Å². The first-order chi connectivity index (χ1) is 17.1. The molecule has 0 atom stereocenters. The van der Waals surface area contributed by atoms with Gasteiger partial charge in [0, 0.05) is 16.8 Å². The van der Waals surface area contributed by atoms with E-state index in [2.05, 4.69) is 27.2 Å². The van der Waals surface area contributed by atoms with E-state index in [-0.39, 0.29) is 12.5 Å². The molecular weight excluding hydrogens is 524 g/mol. The highest BCUT2D eigenvalue weighted by Crippen LogP contribution is 2.40. The van der Waals surface area contributed by atoms with Gasteiger partial charge in [0.05, 0.1) is 17.1 Å². The van der Waals surface area contributed by atoms with Crippen LogP contribution < -0.4 is 14.8 Å². The number of aryl methyl sites for hydroxylation is 1. The second kappa shape index (κ2) is 12.1. The highest BCUT2D eigenvalue weighted by atomic mass is 79.9. The van der Waals surface area contributed by atoms with Crippen molar-refractivity contribution in [2.75, 3.05) is 19.0 Å². The third-order valence-corrected chi connectivity index (χ3v) is 7.58. The predicted octanol–water partition coefficient (Wildman–Crippen LogP) is 7.19. The average molecular weight is 552 g/mol. The number of aliphatic imine (C=N–C) groups is 1. The molecule has 35 heavy (non-hydrogen) atoms. The van der Waals surface area contributed by atoms with Gasteiger partial charge in [-0.3, -0.25) is 4.79 Å². The minimum Gasteiger partial charge on any atom is -0.493 e. The number of carbonyl (C=O) groups excluding carboxylic acids is 1. The highest BCUT2D eigenvalue weighted by Gasteiger charge is 2.24. The summed E-state index contributed by atoms with van der Waals surface area (Å²) < 4.78 is 11.8. The minimum absolute atomic E-state index is 0.113. The van der Waals surface area contributed by atoms with Gasteiger partial charge < -0.3 is 14.8 Å². The maximum absolute atomic E-state index is 13.4. The Morgan fingerprint density at radius 3 is 2.71 bits per heavy atom. The number of hydrogen-bond donors (Lipinski definition) is 1. The van der Waals surface area contributed by atoms with Gasteiger partial charge in [-0.05, 0) is 77.0 Å². The first-order valence-corrected chi connectivity index (χ1v) is 13.2. The summed E-state index contributed by atoms with van der Waals surface area (Å²) in [6.07, 6.45) is 13.6. The Kier molecular flexibility index (Phi) is 8.62. The lowest BCUT2D eigenvalue weighted by atomic mass is 9.96. The fourth-order valence-corrected chi connectivity index (χ4v) is 5.95. The lowest BCUT2D eigenvalue weighted by Gasteiger charge is -2.12. The number of halogens is 1. The molecule has 0 aliphatic heterocycles. The van der Waals surface area contributed by atoms with Crippen molar-refractivity contribution >= 4 is 50.1 Å². The molecule has 0 bridgehead atoms. The van der Waals surface area contributed by atoms with Gasteiger partial charge in [0.25, 0.3) is 5.91 Å². The van der Waals surface area contributed by atoms with Gasteiger partial charge in [0.2, 0.25) is 0 Å². The third-order valence-electron chi connectivity index (χ3n) is 5.79. The molecule has 1 N–H and O–H groups in total. The van der Waals surface area contributed by atoms with Crippen LogP contribution in [-0.2, 0) is 12.8 Å². The van der Waals surface area contributed by atoms with Crippen molar-refractivity contribution in [2.45, 2.75) is 38.5 Å². The Labute approximate surface area is 218 Å². The summed E-state index contributed by atoms with van der Waals surface area (Å²) >= 11 is 5.16. The normalized spacial score (nSPS) is 13.4. The number of rotatable bonds is 7. The molecule has 1 heterocycles. The van der Waals surface area contributed by atoms with Crippen LogP contribution in [-0.4, -0.2) is 25.8 Å². The summed E-state index contributed by atoms with van der Waals surface area (Å²) in [5, 5.41) is 3.79. The number of thiophene rings is 1. The van der Waals surface area contributed by atoms with E-state index < -0.39 is 0 Å². The number of amides is 1. The Hall–Kier alpha value is -3.08. The van der Waals surface area contributed by atoms with Gasteiger partial charge in [0.1, 0.15) is 11.6 Å². The molecule has 1 aliphatic carbocycles. The van der Waals surface area contributed by atoms with E-state index in [0.717, 1.165) is 47.5 Å². The summed E-state index contributed by atoms with van der Waals surface area (Å²) in [6, 6.07) is 13.3.